The van der Waals surface area contributed by atoms with Gasteiger partial charge in [-0.3, -0.25) is 4.79 Å². The number of benzene rings is 1. The van der Waals surface area contributed by atoms with E-state index >= 15 is 0 Å². The van der Waals surface area contributed by atoms with Crippen LogP contribution in [0.15, 0.2) is 41.6 Å². The Morgan fingerprint density at radius 2 is 1.62 bits per heavy atom. The molecule has 3 nitrogen and oxygen atoms in total. The molecule has 5 heteroatoms. The van der Waals surface area contributed by atoms with Crippen LogP contribution in [0.4, 0.5) is 0 Å². The number of hydrogen-bond acceptors (Lipinski definition) is 2. The molecule has 1 N–H and O–H groups in total. The third-order valence-corrected chi connectivity index (χ3v) is 17.2. The maximum absolute atomic E-state index is 12.3. The zero-order valence-electron chi connectivity index (χ0n) is 20.2. The van der Waals surface area contributed by atoms with Gasteiger partial charge in [0.05, 0.1) is 19.7 Å². The van der Waals surface area contributed by atoms with Crippen LogP contribution in [0.5, 0.6) is 0 Å². The SMILES string of the molecule is C/C(=C\[C@H](C)[C@](C)(C(=O)O)[Si](C)(C)C)[Si@](C)(COCc1ccccc1)C(C)(C)C. The molecule has 0 aliphatic rings. The summed E-state index contributed by atoms with van der Waals surface area (Å²) in [7, 11) is -3.92. The molecule has 1 aromatic rings. The molecule has 0 unspecified atom stereocenters. The standard InChI is InChI=1S/C24H42O3Si2/c1-19(24(6,22(25)26)28(7,8)9)16-20(2)29(10,23(3,4)5)18-27-17-21-14-12-11-13-15-21/h11-16,19H,17-18H2,1-10H3,(H,25,26)/b20-16+/t19-,24+,29-/m0/s1. The van der Waals surface area contributed by atoms with Crippen LogP contribution in [-0.2, 0) is 16.1 Å². The van der Waals surface area contributed by atoms with Gasteiger partial charge in [0.15, 0.2) is 0 Å². The van der Waals surface area contributed by atoms with Crippen molar-refractivity contribution < 1.29 is 14.6 Å². The quantitative estimate of drug-likeness (QED) is 0.429. The van der Waals surface area contributed by atoms with Crippen LogP contribution in [0.25, 0.3) is 0 Å². The Kier molecular flexibility index (Phi) is 8.31. The molecule has 0 aliphatic carbocycles. The van der Waals surface area contributed by atoms with Gasteiger partial charge in [0, 0.05) is 6.23 Å². The van der Waals surface area contributed by atoms with Crippen molar-refractivity contribution in [1.82, 2.24) is 0 Å². The van der Waals surface area contributed by atoms with Gasteiger partial charge in [-0.15, -0.1) is 0 Å². The molecule has 1 aromatic carbocycles. The predicted molar refractivity (Wildman–Crippen MR) is 130 cm³/mol. The lowest BCUT2D eigenvalue weighted by atomic mass is 9.94. The van der Waals surface area contributed by atoms with E-state index in [1.165, 1.54) is 10.8 Å². The molecule has 0 amide bonds. The number of hydrogen-bond donors (Lipinski definition) is 1. The predicted octanol–water partition coefficient (Wildman–Crippen LogP) is 6.93. The Balaban J connectivity index is 3.17. The zero-order chi connectivity index (χ0) is 22.7. The highest BCUT2D eigenvalue weighted by atomic mass is 28.3. The van der Waals surface area contributed by atoms with E-state index in [1.54, 1.807) is 0 Å². The first kappa shape index (κ1) is 25.9. The van der Waals surface area contributed by atoms with Gasteiger partial charge in [-0.2, -0.15) is 0 Å². The largest absolute Gasteiger partial charge is 0.481 e. The van der Waals surface area contributed by atoms with Crippen LogP contribution in [-0.4, -0.2) is 33.5 Å². The second kappa shape index (κ2) is 9.31. The van der Waals surface area contributed by atoms with Gasteiger partial charge in [0.1, 0.15) is 8.07 Å². The molecule has 0 heterocycles. The van der Waals surface area contributed by atoms with E-state index in [9.17, 15) is 9.90 Å². The van der Waals surface area contributed by atoms with E-state index in [0.717, 1.165) is 6.23 Å². The van der Waals surface area contributed by atoms with Crippen LogP contribution < -0.4 is 0 Å². The van der Waals surface area contributed by atoms with Gasteiger partial charge in [-0.25, -0.2) is 0 Å². The molecule has 29 heavy (non-hydrogen) atoms. The summed E-state index contributed by atoms with van der Waals surface area (Å²) in [6.07, 6.45) is 2.99. The number of allylic oxidation sites excluding steroid dienone is 2. The monoisotopic (exact) mass is 434 g/mol. The normalized spacial score (nSPS) is 18.6. The molecule has 1 rings (SSSR count). The van der Waals surface area contributed by atoms with Crippen molar-refractivity contribution in [3.05, 3.63) is 47.2 Å². The van der Waals surface area contributed by atoms with Crippen molar-refractivity contribution in [3.8, 4) is 0 Å². The minimum atomic E-state index is -1.98. The average molecular weight is 435 g/mol. The Morgan fingerprint density at radius 1 is 1.10 bits per heavy atom. The number of rotatable bonds is 9. The molecule has 0 aromatic heterocycles. The number of carbonyl (C=O) groups is 1. The second-order valence-corrected chi connectivity index (χ2v) is 21.7. The minimum absolute atomic E-state index is 0.0186. The molecule has 3 atom stereocenters. The molecule has 0 fully saturated rings. The molecule has 164 valence electrons. The van der Waals surface area contributed by atoms with Crippen molar-refractivity contribution in [1.29, 1.82) is 0 Å². The Hall–Kier alpha value is -1.18. The number of ether oxygens (including phenoxy) is 1. The Labute approximate surface area is 180 Å². The summed E-state index contributed by atoms with van der Waals surface area (Å²) in [6, 6.07) is 10.3. The zero-order valence-corrected chi connectivity index (χ0v) is 22.2. The Bertz CT molecular complexity index is 716. The smallest absolute Gasteiger partial charge is 0.307 e. The lowest BCUT2D eigenvalue weighted by molar-refractivity contribution is -0.141. The van der Waals surface area contributed by atoms with Gasteiger partial charge < -0.3 is 9.84 Å². The van der Waals surface area contributed by atoms with E-state index in [4.69, 9.17) is 4.74 Å². The highest BCUT2D eigenvalue weighted by Gasteiger charge is 2.50. The molecule has 0 saturated heterocycles. The summed E-state index contributed by atoms with van der Waals surface area (Å²) >= 11 is 0. The summed E-state index contributed by atoms with van der Waals surface area (Å²) in [5.41, 5.74) is 1.19. The third kappa shape index (κ3) is 5.71. The fourth-order valence-electron chi connectivity index (χ4n) is 3.79. The van der Waals surface area contributed by atoms with Crippen LogP contribution in [0.3, 0.4) is 0 Å². The lowest BCUT2D eigenvalue weighted by Gasteiger charge is -2.44. The van der Waals surface area contributed by atoms with Gasteiger partial charge in [-0.1, -0.05) is 102 Å². The van der Waals surface area contributed by atoms with Crippen molar-refractivity contribution in [2.45, 2.75) is 84.4 Å². The van der Waals surface area contributed by atoms with Crippen LogP contribution in [0.2, 0.25) is 36.3 Å². The molecular weight excluding hydrogens is 392 g/mol. The van der Waals surface area contributed by atoms with E-state index in [2.05, 4.69) is 79.0 Å². The molecule has 0 aliphatic heterocycles. The van der Waals surface area contributed by atoms with Crippen LogP contribution >= 0.6 is 0 Å². The highest BCUT2D eigenvalue weighted by Crippen LogP contribution is 2.48. The first-order valence-corrected chi connectivity index (χ1v) is 16.8. The third-order valence-electron chi connectivity index (χ3n) is 7.44. The van der Waals surface area contributed by atoms with Gasteiger partial charge in [0.2, 0.25) is 0 Å². The van der Waals surface area contributed by atoms with Crippen LogP contribution in [0.1, 0.15) is 47.1 Å². The number of carboxylic acids is 1. The summed E-state index contributed by atoms with van der Waals surface area (Å²) < 4.78 is 6.23. The maximum atomic E-state index is 12.3. The molecule has 0 spiro atoms. The molecule has 0 saturated carbocycles. The van der Waals surface area contributed by atoms with Gasteiger partial charge in [-0.05, 0) is 23.4 Å². The fourth-order valence-corrected chi connectivity index (χ4v) is 8.86. The summed E-state index contributed by atoms with van der Waals surface area (Å²) in [5, 5.41) is 10.8. The fraction of sp³-hybridized carbons (Fsp3) is 0.625. The Morgan fingerprint density at radius 3 is 2.03 bits per heavy atom. The minimum Gasteiger partial charge on any atom is -0.481 e. The highest BCUT2D eigenvalue weighted by molar-refractivity contribution is 6.87. The first-order valence-electron chi connectivity index (χ1n) is 10.6. The van der Waals surface area contributed by atoms with Gasteiger partial charge >= 0.3 is 5.97 Å². The van der Waals surface area contributed by atoms with E-state index < -0.39 is 27.2 Å². The molecular formula is C24H42O3Si2. The summed E-state index contributed by atoms with van der Waals surface area (Å²) in [5.74, 6) is -0.692. The number of carboxylic acid groups (broad SMARTS) is 1. The first-order chi connectivity index (χ1) is 13.1. The molecule has 0 radical (unpaired) electrons. The van der Waals surface area contributed by atoms with Crippen molar-refractivity contribution in [3.63, 3.8) is 0 Å². The van der Waals surface area contributed by atoms with Gasteiger partial charge in [0.25, 0.3) is 0 Å². The maximum Gasteiger partial charge on any atom is 0.307 e. The topological polar surface area (TPSA) is 46.5 Å². The van der Waals surface area contributed by atoms with Crippen molar-refractivity contribution in [2.24, 2.45) is 5.92 Å². The van der Waals surface area contributed by atoms with E-state index in [0.29, 0.717) is 6.61 Å². The lowest BCUT2D eigenvalue weighted by Crippen LogP contribution is -2.49. The summed E-state index contributed by atoms with van der Waals surface area (Å²) in [6.45, 7) is 22.6. The molecule has 0 bridgehead atoms. The second-order valence-electron chi connectivity index (χ2n) is 11.0. The van der Waals surface area contributed by atoms with Crippen LogP contribution in [0, 0.1) is 5.92 Å². The summed E-state index contributed by atoms with van der Waals surface area (Å²) in [4.78, 5) is 12.3. The number of aliphatic carboxylic acids is 1. The van der Waals surface area contributed by atoms with E-state index in [-0.39, 0.29) is 11.0 Å². The van der Waals surface area contributed by atoms with Crippen molar-refractivity contribution in [2.75, 3.05) is 6.23 Å². The van der Waals surface area contributed by atoms with E-state index in [1.807, 2.05) is 25.1 Å². The average Bonchev–Trinajstić information content (AvgIpc) is 2.59. The van der Waals surface area contributed by atoms with Crippen molar-refractivity contribution >= 4 is 22.1 Å².